The van der Waals surface area contributed by atoms with Crippen molar-refractivity contribution in [2.24, 2.45) is 0 Å². The summed E-state index contributed by atoms with van der Waals surface area (Å²) in [7, 11) is 0. The zero-order valence-corrected chi connectivity index (χ0v) is 23.1. The van der Waals surface area contributed by atoms with E-state index >= 15 is 0 Å². The maximum Gasteiger partial charge on any atom is 0.303 e. The van der Waals surface area contributed by atoms with Crippen molar-refractivity contribution in [1.29, 1.82) is 0 Å². The summed E-state index contributed by atoms with van der Waals surface area (Å²) in [4.78, 5) is 49.7. The second-order valence-electron chi connectivity index (χ2n) is 9.32. The van der Waals surface area contributed by atoms with E-state index in [1.54, 1.807) is 48.5 Å². The van der Waals surface area contributed by atoms with Crippen LogP contribution in [0.4, 0.5) is 0 Å². The maximum absolute atomic E-state index is 14.1. The quantitative estimate of drug-likeness (QED) is 0.302. The monoisotopic (exact) mass is 565 g/mol. The Hall–Kier alpha value is -4.64. The predicted molar refractivity (Wildman–Crippen MR) is 146 cm³/mol. The Kier molecular flexibility index (Phi) is 9.08. The predicted octanol–water partition coefficient (Wildman–Crippen LogP) is 3.61. The molecule has 0 saturated carbocycles. The lowest BCUT2D eigenvalue weighted by Crippen LogP contribution is -2.41. The van der Waals surface area contributed by atoms with Crippen molar-refractivity contribution in [2.45, 2.75) is 52.2 Å². The average Bonchev–Trinajstić information content (AvgIpc) is 3.24. The lowest BCUT2D eigenvalue weighted by Gasteiger charge is -2.25. The third-order valence-corrected chi connectivity index (χ3v) is 6.36. The molecule has 1 saturated heterocycles. The van der Waals surface area contributed by atoms with E-state index < -0.39 is 48.0 Å². The molecule has 1 aliphatic heterocycles. The Morgan fingerprint density at radius 1 is 0.878 bits per heavy atom. The second-order valence-corrected chi connectivity index (χ2v) is 9.32. The Morgan fingerprint density at radius 2 is 1.51 bits per heavy atom. The fourth-order valence-corrected chi connectivity index (χ4v) is 4.70. The lowest BCUT2D eigenvalue weighted by atomic mass is 9.99. The molecular formula is C30H31NO10. The maximum atomic E-state index is 14.1. The van der Waals surface area contributed by atoms with Crippen LogP contribution in [0, 0.1) is 0 Å². The number of nitrogens with zero attached hydrogens (tertiary/aromatic N) is 1. The van der Waals surface area contributed by atoms with Crippen molar-refractivity contribution in [1.82, 2.24) is 4.57 Å². The van der Waals surface area contributed by atoms with Crippen LogP contribution in [-0.4, -0.2) is 59.1 Å². The normalized spacial score (nSPS) is 19.8. The van der Waals surface area contributed by atoms with Crippen LogP contribution in [0.3, 0.4) is 0 Å². The molecule has 0 aliphatic carbocycles. The summed E-state index contributed by atoms with van der Waals surface area (Å²) in [6, 6.07) is 15.5. The summed E-state index contributed by atoms with van der Waals surface area (Å²) in [6.07, 6.45) is -3.45. The molecule has 0 bridgehead atoms. The van der Waals surface area contributed by atoms with Crippen LogP contribution in [-0.2, 0) is 33.3 Å². The van der Waals surface area contributed by atoms with Gasteiger partial charge in [-0.15, -0.1) is 0 Å². The van der Waals surface area contributed by atoms with Gasteiger partial charge in [-0.1, -0.05) is 42.5 Å². The van der Waals surface area contributed by atoms with E-state index in [1.165, 1.54) is 31.5 Å². The third kappa shape index (κ3) is 6.58. The molecule has 4 atom stereocenters. The smallest absolute Gasteiger partial charge is 0.303 e. The number of aromatic hydroxyl groups is 1. The highest BCUT2D eigenvalue weighted by Gasteiger charge is 2.51. The minimum Gasteiger partial charge on any atom is -0.506 e. The molecule has 1 fully saturated rings. The second kappa shape index (κ2) is 12.7. The van der Waals surface area contributed by atoms with E-state index in [2.05, 4.69) is 0 Å². The van der Waals surface area contributed by atoms with Gasteiger partial charge in [-0.05, 0) is 30.2 Å². The average molecular weight is 566 g/mol. The molecule has 1 aromatic heterocycles. The molecule has 0 spiro atoms. The first-order valence-electron chi connectivity index (χ1n) is 13.0. The van der Waals surface area contributed by atoms with Crippen LogP contribution in [0.1, 0.15) is 33.9 Å². The number of hydrogen-bond donors (Lipinski definition) is 1. The summed E-state index contributed by atoms with van der Waals surface area (Å²) in [5.74, 6) is -1.69. The number of rotatable bonds is 9. The summed E-state index contributed by atoms with van der Waals surface area (Å²) in [6.45, 7) is 5.52. The summed E-state index contributed by atoms with van der Waals surface area (Å²) in [5.41, 5.74) is 0.598. The topological polar surface area (TPSA) is 140 Å². The van der Waals surface area contributed by atoms with Gasteiger partial charge in [0.05, 0.1) is 12.2 Å². The van der Waals surface area contributed by atoms with Crippen LogP contribution >= 0.6 is 0 Å². The molecule has 3 aromatic rings. The first kappa shape index (κ1) is 29.3. The fraction of sp³-hybridized carbons (Fsp3) is 0.333. The molecule has 2 aromatic carbocycles. The molecule has 1 aliphatic rings. The molecule has 0 amide bonds. The van der Waals surface area contributed by atoms with Gasteiger partial charge in [0.1, 0.15) is 24.2 Å². The van der Waals surface area contributed by atoms with Crippen LogP contribution in [0.2, 0.25) is 0 Å². The standard InChI is InChI=1S/C30H31NO10/c1-5-37-22-13-11-21(12-14-22)25-26(35)23(20-9-7-6-8-10-20)15-31(29(25)36)30-28(40-19(4)34)27(39-18(3)33)24(41-30)16-38-17(2)32/h6-15,24,27-28,30,35H,5,16H2,1-4H3/t24-,27-,28-,30-/m1/s1. The van der Waals surface area contributed by atoms with Crippen molar-refractivity contribution >= 4 is 17.9 Å². The molecule has 1 N–H and O–H groups in total. The van der Waals surface area contributed by atoms with Crippen molar-refractivity contribution in [3.8, 4) is 33.8 Å². The minimum absolute atomic E-state index is 0.0351. The van der Waals surface area contributed by atoms with Gasteiger partial charge in [0, 0.05) is 32.5 Å². The van der Waals surface area contributed by atoms with Gasteiger partial charge in [-0.25, -0.2) is 0 Å². The third-order valence-electron chi connectivity index (χ3n) is 6.36. The molecule has 216 valence electrons. The Morgan fingerprint density at radius 3 is 2.10 bits per heavy atom. The summed E-state index contributed by atoms with van der Waals surface area (Å²) in [5, 5.41) is 11.4. The zero-order chi connectivity index (χ0) is 29.7. The first-order chi connectivity index (χ1) is 19.6. The van der Waals surface area contributed by atoms with Gasteiger partial charge < -0.3 is 28.8 Å². The number of hydrogen-bond acceptors (Lipinski definition) is 10. The van der Waals surface area contributed by atoms with Gasteiger partial charge in [0.15, 0.2) is 18.4 Å². The van der Waals surface area contributed by atoms with E-state index in [1.807, 2.05) is 13.0 Å². The van der Waals surface area contributed by atoms with Gasteiger partial charge in [-0.2, -0.15) is 0 Å². The first-order valence-corrected chi connectivity index (χ1v) is 13.0. The highest BCUT2D eigenvalue weighted by Crippen LogP contribution is 2.40. The van der Waals surface area contributed by atoms with E-state index in [0.717, 1.165) is 0 Å². The SMILES string of the molecule is CCOc1ccc(-c2c(O)c(-c3ccccc3)cn([C@@H]3O[C@H](COC(C)=O)[C@@H](OC(C)=O)[C@H]3OC(C)=O)c2=O)cc1. The van der Waals surface area contributed by atoms with Crippen molar-refractivity contribution in [2.75, 3.05) is 13.2 Å². The minimum atomic E-state index is -1.30. The van der Waals surface area contributed by atoms with Crippen molar-refractivity contribution in [3.05, 3.63) is 71.1 Å². The lowest BCUT2D eigenvalue weighted by molar-refractivity contribution is -0.166. The molecule has 2 heterocycles. The van der Waals surface area contributed by atoms with Crippen LogP contribution in [0.5, 0.6) is 11.5 Å². The highest BCUT2D eigenvalue weighted by atomic mass is 16.7. The van der Waals surface area contributed by atoms with E-state index in [0.29, 0.717) is 29.0 Å². The Labute approximate surface area is 236 Å². The fourth-order valence-electron chi connectivity index (χ4n) is 4.70. The molecule has 11 nitrogen and oxygen atoms in total. The van der Waals surface area contributed by atoms with Crippen LogP contribution in [0.25, 0.3) is 22.3 Å². The number of carbonyl (C=O) groups is 3. The molecule has 11 heteroatoms. The molecule has 4 rings (SSSR count). The number of carbonyl (C=O) groups excluding carboxylic acids is 3. The molecule has 41 heavy (non-hydrogen) atoms. The zero-order valence-electron chi connectivity index (χ0n) is 23.1. The number of pyridine rings is 1. The highest BCUT2D eigenvalue weighted by molar-refractivity contribution is 5.81. The van der Waals surface area contributed by atoms with E-state index in [-0.39, 0.29) is 17.9 Å². The molecular weight excluding hydrogens is 534 g/mol. The van der Waals surface area contributed by atoms with Gasteiger partial charge >= 0.3 is 17.9 Å². The largest absolute Gasteiger partial charge is 0.506 e. The summed E-state index contributed by atoms with van der Waals surface area (Å²) < 4.78 is 28.9. The number of benzene rings is 2. The number of esters is 3. The number of ether oxygens (including phenoxy) is 5. The van der Waals surface area contributed by atoms with Crippen molar-refractivity contribution in [3.63, 3.8) is 0 Å². The number of aromatic nitrogens is 1. The van der Waals surface area contributed by atoms with Gasteiger partial charge in [0.25, 0.3) is 5.56 Å². The van der Waals surface area contributed by atoms with E-state index in [4.69, 9.17) is 23.7 Å². The van der Waals surface area contributed by atoms with Crippen molar-refractivity contribution < 1.29 is 43.2 Å². The Bertz CT molecular complexity index is 1470. The van der Waals surface area contributed by atoms with Gasteiger partial charge in [0.2, 0.25) is 0 Å². The van der Waals surface area contributed by atoms with Crippen LogP contribution < -0.4 is 10.3 Å². The van der Waals surface area contributed by atoms with Crippen LogP contribution in [0.15, 0.2) is 65.6 Å². The Balaban J connectivity index is 1.92. The molecule has 0 unspecified atom stereocenters. The van der Waals surface area contributed by atoms with Gasteiger partial charge in [-0.3, -0.25) is 23.7 Å². The van der Waals surface area contributed by atoms with E-state index in [9.17, 15) is 24.3 Å². The molecule has 0 radical (unpaired) electrons. The summed E-state index contributed by atoms with van der Waals surface area (Å²) >= 11 is 0.